The van der Waals surface area contributed by atoms with Crippen LogP contribution in [0.5, 0.6) is 0 Å². The van der Waals surface area contributed by atoms with Crippen molar-refractivity contribution in [2.75, 3.05) is 33.8 Å². The molecule has 1 aliphatic rings. The molecular formula is C8H17KNO+. The first-order valence-corrected chi connectivity index (χ1v) is 4.04. The Morgan fingerprint density at radius 1 is 1.45 bits per heavy atom. The summed E-state index contributed by atoms with van der Waals surface area (Å²) in [6, 6.07) is 0. The first kappa shape index (κ1) is 12.6. The summed E-state index contributed by atoms with van der Waals surface area (Å²) in [5.74, 6) is 0.448. The van der Waals surface area contributed by atoms with Crippen LogP contribution in [0, 0.1) is 5.92 Å². The fourth-order valence-corrected chi connectivity index (χ4v) is 1.83. The van der Waals surface area contributed by atoms with Crippen molar-refractivity contribution in [1.82, 2.24) is 0 Å². The van der Waals surface area contributed by atoms with Crippen molar-refractivity contribution in [1.29, 1.82) is 0 Å². The predicted octanol–water partition coefficient (Wildman–Crippen LogP) is -3.16. The molecule has 11 heavy (non-hydrogen) atoms. The molecule has 1 saturated heterocycles. The van der Waals surface area contributed by atoms with Crippen LogP contribution in [0.25, 0.3) is 0 Å². The van der Waals surface area contributed by atoms with E-state index in [1.165, 1.54) is 13.0 Å². The fourth-order valence-electron chi connectivity index (χ4n) is 1.83. The fraction of sp³-hybridized carbons (Fsp3) is 1.00. The molecule has 1 unspecified atom stereocenters. The predicted molar refractivity (Wildman–Crippen MR) is 39.4 cm³/mol. The first-order valence-electron chi connectivity index (χ1n) is 4.04. The standard InChI is InChI=1S/C8H17NO.K/c1-9(2)5-3-4-8(6-9)7-10;/h8H,3-7H2,1-2H3;/q;+1. The molecule has 3 heteroatoms. The van der Waals surface area contributed by atoms with Gasteiger partial charge in [-0.1, -0.05) is 0 Å². The molecule has 1 fully saturated rings. The van der Waals surface area contributed by atoms with E-state index in [2.05, 4.69) is 14.1 Å². The minimum atomic E-state index is 0. The molecular weight excluding hydrogens is 165 g/mol. The van der Waals surface area contributed by atoms with Crippen LogP contribution < -0.4 is 56.5 Å². The third-order valence-corrected chi connectivity index (χ3v) is 2.36. The Bertz CT molecular complexity index is 117. The minimum Gasteiger partial charge on any atom is -0.854 e. The summed E-state index contributed by atoms with van der Waals surface area (Å²) in [5, 5.41) is 10.6. The maximum atomic E-state index is 10.6. The summed E-state index contributed by atoms with van der Waals surface area (Å²) in [6.45, 7) is 2.46. The zero-order valence-electron chi connectivity index (χ0n) is 7.97. The number of nitrogens with zero attached hydrogens (tertiary/aromatic N) is 1. The molecule has 0 radical (unpaired) electrons. The molecule has 0 N–H and O–H groups in total. The van der Waals surface area contributed by atoms with Gasteiger partial charge in [-0.3, -0.25) is 0 Å². The van der Waals surface area contributed by atoms with Crippen LogP contribution in [0.1, 0.15) is 12.8 Å². The van der Waals surface area contributed by atoms with Crippen LogP contribution in [-0.2, 0) is 0 Å². The molecule has 0 aromatic rings. The molecule has 1 rings (SSSR count). The maximum Gasteiger partial charge on any atom is 1.00 e. The molecule has 60 valence electrons. The van der Waals surface area contributed by atoms with E-state index in [9.17, 15) is 5.11 Å². The summed E-state index contributed by atoms with van der Waals surface area (Å²) >= 11 is 0. The molecule has 1 aliphatic heterocycles. The summed E-state index contributed by atoms with van der Waals surface area (Å²) in [6.07, 6.45) is 2.39. The van der Waals surface area contributed by atoms with E-state index in [4.69, 9.17) is 0 Å². The molecule has 0 spiro atoms. The molecule has 1 heterocycles. The van der Waals surface area contributed by atoms with Gasteiger partial charge in [-0.15, -0.1) is 6.61 Å². The summed E-state index contributed by atoms with van der Waals surface area (Å²) in [5.41, 5.74) is 0. The Labute approximate surface area is 112 Å². The molecule has 1 atom stereocenters. The zero-order chi connectivity index (χ0) is 7.61. The second kappa shape index (κ2) is 5.32. The topological polar surface area (TPSA) is 23.1 Å². The number of hydrogen-bond donors (Lipinski definition) is 0. The molecule has 2 nitrogen and oxygen atoms in total. The van der Waals surface area contributed by atoms with Gasteiger partial charge in [-0.05, 0) is 18.8 Å². The van der Waals surface area contributed by atoms with E-state index in [-0.39, 0.29) is 58.0 Å². The summed E-state index contributed by atoms with van der Waals surface area (Å²) < 4.78 is 1.05. The Balaban J connectivity index is 0.000001000. The van der Waals surface area contributed by atoms with E-state index in [1.807, 2.05) is 0 Å². The van der Waals surface area contributed by atoms with Gasteiger partial charge in [0.15, 0.2) is 0 Å². The SMILES string of the molecule is C[N+]1(C)CCCC(C[O-])C1.[K+]. The van der Waals surface area contributed by atoms with Crippen molar-refractivity contribution >= 4 is 0 Å². The van der Waals surface area contributed by atoms with Crippen LogP contribution in [-0.4, -0.2) is 38.3 Å². The van der Waals surface area contributed by atoms with Crippen LogP contribution in [0.3, 0.4) is 0 Å². The Hall–Kier alpha value is 1.56. The second-order valence-corrected chi connectivity index (χ2v) is 4.02. The molecule has 0 aromatic carbocycles. The van der Waals surface area contributed by atoms with Crippen molar-refractivity contribution in [3.05, 3.63) is 0 Å². The minimum absolute atomic E-state index is 0. The molecule has 0 saturated carbocycles. The van der Waals surface area contributed by atoms with Gasteiger partial charge in [0.2, 0.25) is 0 Å². The number of rotatable bonds is 1. The molecule has 0 bridgehead atoms. The Kier molecular flexibility index (Phi) is 6.07. The van der Waals surface area contributed by atoms with E-state index in [1.54, 1.807) is 0 Å². The van der Waals surface area contributed by atoms with Crippen LogP contribution >= 0.6 is 0 Å². The third kappa shape index (κ3) is 4.36. The first-order chi connectivity index (χ1) is 4.64. The van der Waals surface area contributed by atoms with Gasteiger partial charge in [0, 0.05) is 0 Å². The smallest absolute Gasteiger partial charge is 0.854 e. The Morgan fingerprint density at radius 2 is 2.09 bits per heavy atom. The average Bonchev–Trinajstić information content (AvgIpc) is 1.86. The average molecular weight is 182 g/mol. The van der Waals surface area contributed by atoms with E-state index >= 15 is 0 Å². The van der Waals surface area contributed by atoms with Crippen molar-refractivity contribution in [2.24, 2.45) is 5.92 Å². The van der Waals surface area contributed by atoms with Crippen LogP contribution in [0.2, 0.25) is 0 Å². The van der Waals surface area contributed by atoms with Crippen molar-refractivity contribution in [2.45, 2.75) is 12.8 Å². The van der Waals surface area contributed by atoms with Gasteiger partial charge in [-0.25, -0.2) is 0 Å². The van der Waals surface area contributed by atoms with E-state index in [0.717, 1.165) is 17.4 Å². The monoisotopic (exact) mass is 182 g/mol. The largest absolute Gasteiger partial charge is 1.00 e. The molecule has 0 amide bonds. The molecule has 0 aromatic heterocycles. The number of likely N-dealkylation sites (tertiary alicyclic amines) is 1. The van der Waals surface area contributed by atoms with Crippen molar-refractivity contribution in [3.8, 4) is 0 Å². The third-order valence-electron chi connectivity index (χ3n) is 2.36. The van der Waals surface area contributed by atoms with Gasteiger partial charge in [0.05, 0.1) is 27.2 Å². The second-order valence-electron chi connectivity index (χ2n) is 4.02. The van der Waals surface area contributed by atoms with E-state index in [0.29, 0.717) is 5.92 Å². The van der Waals surface area contributed by atoms with Gasteiger partial charge in [0.25, 0.3) is 0 Å². The van der Waals surface area contributed by atoms with E-state index < -0.39 is 0 Å². The van der Waals surface area contributed by atoms with Gasteiger partial charge >= 0.3 is 51.4 Å². The maximum absolute atomic E-state index is 10.6. The van der Waals surface area contributed by atoms with Gasteiger partial charge in [-0.2, -0.15) is 0 Å². The van der Waals surface area contributed by atoms with Gasteiger partial charge < -0.3 is 9.59 Å². The summed E-state index contributed by atoms with van der Waals surface area (Å²) in [7, 11) is 4.42. The summed E-state index contributed by atoms with van der Waals surface area (Å²) in [4.78, 5) is 0. The quantitative estimate of drug-likeness (QED) is 0.310. The zero-order valence-corrected chi connectivity index (χ0v) is 11.1. The van der Waals surface area contributed by atoms with Crippen molar-refractivity contribution < 1.29 is 61.0 Å². The number of quaternary nitrogens is 1. The molecule has 0 aliphatic carbocycles. The van der Waals surface area contributed by atoms with Crippen LogP contribution in [0.15, 0.2) is 0 Å². The van der Waals surface area contributed by atoms with Crippen molar-refractivity contribution in [3.63, 3.8) is 0 Å². The van der Waals surface area contributed by atoms with Crippen LogP contribution in [0.4, 0.5) is 0 Å². The van der Waals surface area contributed by atoms with Gasteiger partial charge in [0.1, 0.15) is 0 Å². The normalized spacial score (nSPS) is 29.2. The number of hydrogen-bond acceptors (Lipinski definition) is 1. The number of piperidine rings is 1. The Morgan fingerprint density at radius 3 is 2.45 bits per heavy atom.